The van der Waals surface area contributed by atoms with Crippen molar-refractivity contribution in [2.45, 2.75) is 38.8 Å². The van der Waals surface area contributed by atoms with E-state index in [0.29, 0.717) is 17.2 Å². The van der Waals surface area contributed by atoms with Crippen LogP contribution in [0.1, 0.15) is 49.9 Å². The van der Waals surface area contributed by atoms with Crippen LogP contribution in [0.4, 0.5) is 0 Å². The second kappa shape index (κ2) is 12.1. The Hall–Kier alpha value is -3.06. The molecule has 0 aromatic heterocycles. The van der Waals surface area contributed by atoms with Gasteiger partial charge in [-0.05, 0) is 30.2 Å². The van der Waals surface area contributed by atoms with Gasteiger partial charge in [0.1, 0.15) is 5.75 Å². The zero-order valence-corrected chi connectivity index (χ0v) is 19.6. The van der Waals surface area contributed by atoms with Gasteiger partial charge < -0.3 is 20.3 Å². The second-order valence-corrected chi connectivity index (χ2v) is 8.09. The molecule has 7 nitrogen and oxygen atoms in total. The van der Waals surface area contributed by atoms with Gasteiger partial charge in [0, 0.05) is 31.6 Å². The molecule has 0 saturated heterocycles. The molecule has 2 rings (SSSR count). The third-order valence-electron chi connectivity index (χ3n) is 4.93. The molecule has 0 saturated carbocycles. The molecule has 0 bridgehead atoms. The molecule has 2 aromatic rings. The smallest absolute Gasteiger partial charge is 0.259 e. The minimum atomic E-state index is -0.480. The number of hydrogen-bond acceptors (Lipinski definition) is 4. The van der Waals surface area contributed by atoms with E-state index in [1.54, 1.807) is 44.4 Å². The van der Waals surface area contributed by atoms with Gasteiger partial charge in [-0.1, -0.05) is 48.9 Å². The fourth-order valence-electron chi connectivity index (χ4n) is 3.20. The van der Waals surface area contributed by atoms with Crippen molar-refractivity contribution in [3.05, 3.63) is 64.7 Å². The van der Waals surface area contributed by atoms with Crippen LogP contribution in [0.5, 0.6) is 5.75 Å². The molecule has 2 aromatic carbocycles. The lowest BCUT2D eigenvalue weighted by Crippen LogP contribution is -2.34. The first kappa shape index (κ1) is 25.2. The van der Waals surface area contributed by atoms with Crippen LogP contribution in [-0.2, 0) is 14.4 Å². The Labute approximate surface area is 194 Å². The van der Waals surface area contributed by atoms with E-state index in [9.17, 15) is 14.4 Å². The Morgan fingerprint density at radius 1 is 1.00 bits per heavy atom. The molecule has 0 aliphatic carbocycles. The maximum absolute atomic E-state index is 12.9. The summed E-state index contributed by atoms with van der Waals surface area (Å²) in [6, 6.07) is 13.6. The minimum absolute atomic E-state index is 0.0693. The quantitative estimate of drug-likeness (QED) is 0.567. The van der Waals surface area contributed by atoms with Crippen molar-refractivity contribution in [2.24, 2.45) is 0 Å². The molecule has 2 N–H and O–H groups in total. The maximum Gasteiger partial charge on any atom is 0.259 e. The SMILES string of the molecule is CCC(NC(=O)CC(NC(C)=O)c1ccc(Cl)cc1)c1ccccc1OCC(=O)N(C)C. The van der Waals surface area contributed by atoms with Crippen LogP contribution in [0.15, 0.2) is 48.5 Å². The van der Waals surface area contributed by atoms with Crippen molar-refractivity contribution in [1.29, 1.82) is 0 Å². The summed E-state index contributed by atoms with van der Waals surface area (Å²) in [6.07, 6.45) is 0.694. The molecule has 32 heavy (non-hydrogen) atoms. The lowest BCUT2D eigenvalue weighted by Gasteiger charge is -2.23. The van der Waals surface area contributed by atoms with E-state index in [2.05, 4.69) is 10.6 Å². The van der Waals surface area contributed by atoms with Gasteiger partial charge >= 0.3 is 0 Å². The van der Waals surface area contributed by atoms with Crippen molar-refractivity contribution >= 4 is 29.3 Å². The first-order valence-electron chi connectivity index (χ1n) is 10.4. The minimum Gasteiger partial charge on any atom is -0.483 e. The Balaban J connectivity index is 2.13. The first-order chi connectivity index (χ1) is 15.2. The zero-order chi connectivity index (χ0) is 23.7. The van der Waals surface area contributed by atoms with Crippen LogP contribution in [0.25, 0.3) is 0 Å². The Kier molecular flexibility index (Phi) is 9.53. The second-order valence-electron chi connectivity index (χ2n) is 7.65. The monoisotopic (exact) mass is 459 g/mol. The Bertz CT molecular complexity index is 931. The number of rotatable bonds is 10. The summed E-state index contributed by atoms with van der Waals surface area (Å²) < 4.78 is 5.73. The van der Waals surface area contributed by atoms with E-state index in [1.165, 1.54) is 11.8 Å². The van der Waals surface area contributed by atoms with Gasteiger partial charge in [-0.25, -0.2) is 0 Å². The van der Waals surface area contributed by atoms with Gasteiger partial charge in [-0.2, -0.15) is 0 Å². The van der Waals surface area contributed by atoms with Gasteiger partial charge in [-0.15, -0.1) is 0 Å². The van der Waals surface area contributed by atoms with E-state index in [1.807, 2.05) is 25.1 Å². The summed E-state index contributed by atoms with van der Waals surface area (Å²) in [6.45, 7) is 3.28. The lowest BCUT2D eigenvalue weighted by atomic mass is 10.0. The van der Waals surface area contributed by atoms with Crippen molar-refractivity contribution in [3.63, 3.8) is 0 Å². The maximum atomic E-state index is 12.9. The number of amides is 3. The fourth-order valence-corrected chi connectivity index (χ4v) is 3.33. The van der Waals surface area contributed by atoms with Crippen LogP contribution < -0.4 is 15.4 Å². The van der Waals surface area contributed by atoms with E-state index < -0.39 is 6.04 Å². The predicted molar refractivity (Wildman–Crippen MR) is 124 cm³/mol. The van der Waals surface area contributed by atoms with Crippen LogP contribution in [0.3, 0.4) is 0 Å². The molecule has 172 valence electrons. The highest BCUT2D eigenvalue weighted by Gasteiger charge is 2.22. The third-order valence-corrected chi connectivity index (χ3v) is 5.18. The van der Waals surface area contributed by atoms with E-state index in [-0.39, 0.29) is 36.8 Å². The topological polar surface area (TPSA) is 87.7 Å². The summed E-state index contributed by atoms with van der Waals surface area (Å²) in [5.41, 5.74) is 1.58. The number of carbonyl (C=O) groups excluding carboxylic acids is 3. The first-order valence-corrected chi connectivity index (χ1v) is 10.8. The largest absolute Gasteiger partial charge is 0.483 e. The molecule has 0 heterocycles. The molecule has 2 atom stereocenters. The number of hydrogen-bond donors (Lipinski definition) is 2. The average molecular weight is 460 g/mol. The van der Waals surface area contributed by atoms with Crippen molar-refractivity contribution in [2.75, 3.05) is 20.7 Å². The number of nitrogens with zero attached hydrogens (tertiary/aromatic N) is 1. The Morgan fingerprint density at radius 3 is 2.25 bits per heavy atom. The van der Waals surface area contributed by atoms with Gasteiger partial charge in [-0.3, -0.25) is 14.4 Å². The number of benzene rings is 2. The molecular weight excluding hydrogens is 430 g/mol. The van der Waals surface area contributed by atoms with Crippen LogP contribution >= 0.6 is 11.6 Å². The van der Waals surface area contributed by atoms with Crippen LogP contribution in [0, 0.1) is 0 Å². The molecular formula is C24H30ClN3O4. The standard InChI is InChI=1S/C24H30ClN3O4/c1-5-20(19-8-6-7-9-22(19)32-15-24(31)28(3)4)27-23(30)14-21(26-16(2)29)17-10-12-18(25)13-11-17/h6-13,20-21H,5,14-15H2,1-4H3,(H,26,29)(H,27,30). The van der Waals surface area contributed by atoms with Crippen molar-refractivity contribution < 1.29 is 19.1 Å². The molecule has 0 spiro atoms. The predicted octanol–water partition coefficient (Wildman–Crippen LogP) is 3.64. The Morgan fingerprint density at radius 2 is 1.66 bits per heavy atom. The number of likely N-dealkylation sites (N-methyl/N-ethyl adjacent to an activating group) is 1. The lowest BCUT2D eigenvalue weighted by molar-refractivity contribution is -0.131. The summed E-state index contributed by atoms with van der Waals surface area (Å²) in [5, 5.41) is 6.43. The number of nitrogens with one attached hydrogen (secondary N) is 2. The summed E-state index contributed by atoms with van der Waals surface area (Å²) in [5.74, 6) is -0.0530. The summed E-state index contributed by atoms with van der Waals surface area (Å²) >= 11 is 5.96. The van der Waals surface area contributed by atoms with Gasteiger partial charge in [0.2, 0.25) is 11.8 Å². The normalized spacial score (nSPS) is 12.4. The van der Waals surface area contributed by atoms with Crippen molar-refractivity contribution in [1.82, 2.24) is 15.5 Å². The molecule has 0 aliphatic rings. The third kappa shape index (κ3) is 7.57. The van der Waals surface area contributed by atoms with Gasteiger partial charge in [0.15, 0.2) is 6.61 Å². The molecule has 8 heteroatoms. The number of para-hydroxylation sites is 1. The fraction of sp³-hybridized carbons (Fsp3) is 0.375. The highest BCUT2D eigenvalue weighted by atomic mass is 35.5. The molecule has 0 radical (unpaired) electrons. The van der Waals surface area contributed by atoms with Gasteiger partial charge in [0.05, 0.1) is 18.5 Å². The number of ether oxygens (including phenoxy) is 1. The molecule has 0 fully saturated rings. The summed E-state index contributed by atoms with van der Waals surface area (Å²) in [4.78, 5) is 37.9. The molecule has 0 aliphatic heterocycles. The molecule has 3 amide bonds. The van der Waals surface area contributed by atoms with E-state index in [0.717, 1.165) is 11.1 Å². The average Bonchev–Trinajstić information content (AvgIpc) is 2.75. The van der Waals surface area contributed by atoms with Crippen molar-refractivity contribution in [3.8, 4) is 5.75 Å². The summed E-state index contributed by atoms with van der Waals surface area (Å²) in [7, 11) is 3.33. The van der Waals surface area contributed by atoms with E-state index in [4.69, 9.17) is 16.3 Å². The van der Waals surface area contributed by atoms with Crippen LogP contribution in [-0.4, -0.2) is 43.3 Å². The van der Waals surface area contributed by atoms with Crippen LogP contribution in [0.2, 0.25) is 5.02 Å². The number of halogens is 1. The zero-order valence-electron chi connectivity index (χ0n) is 18.9. The number of carbonyl (C=O) groups is 3. The van der Waals surface area contributed by atoms with E-state index >= 15 is 0 Å². The van der Waals surface area contributed by atoms with Gasteiger partial charge in [0.25, 0.3) is 5.91 Å². The molecule has 2 unspecified atom stereocenters. The highest BCUT2D eigenvalue weighted by Crippen LogP contribution is 2.28. The highest BCUT2D eigenvalue weighted by molar-refractivity contribution is 6.30.